The van der Waals surface area contributed by atoms with Crippen molar-refractivity contribution >= 4 is 23.5 Å². The summed E-state index contributed by atoms with van der Waals surface area (Å²) < 4.78 is 13.4. The van der Waals surface area contributed by atoms with Gasteiger partial charge in [-0.1, -0.05) is 52.0 Å². The van der Waals surface area contributed by atoms with Crippen molar-refractivity contribution in [3.63, 3.8) is 0 Å². The molecule has 0 amide bonds. The smallest absolute Gasteiger partial charge is 0.308 e. The maximum atomic E-state index is 12.0. The molecule has 0 fully saturated rings. The molecule has 0 radical (unpaired) electrons. The zero-order valence-electron chi connectivity index (χ0n) is 20.0. The molecule has 6 nitrogen and oxygen atoms in total. The highest BCUT2D eigenvalue weighted by molar-refractivity contribution is 6.18. The van der Waals surface area contributed by atoms with Gasteiger partial charge in [-0.05, 0) is 36.0 Å². The van der Waals surface area contributed by atoms with Crippen LogP contribution in [-0.4, -0.2) is 35.3 Å². The van der Waals surface area contributed by atoms with Gasteiger partial charge in [-0.15, -0.1) is 0 Å². The van der Waals surface area contributed by atoms with Crippen LogP contribution in [0.1, 0.15) is 70.0 Å². The van der Waals surface area contributed by atoms with Gasteiger partial charge in [0, 0.05) is 39.2 Å². The molecule has 2 rings (SSSR count). The summed E-state index contributed by atoms with van der Waals surface area (Å²) in [6, 6.07) is 10.3. The third kappa shape index (κ3) is 6.54. The summed E-state index contributed by atoms with van der Waals surface area (Å²) >= 11 is 0. The van der Waals surface area contributed by atoms with E-state index in [4.69, 9.17) is 9.47 Å². The zero-order chi connectivity index (χ0) is 23.2. The van der Waals surface area contributed by atoms with E-state index < -0.39 is 6.29 Å². The molecule has 1 heterocycles. The van der Waals surface area contributed by atoms with E-state index in [2.05, 4.69) is 55.1 Å². The summed E-state index contributed by atoms with van der Waals surface area (Å²) in [6.45, 7) is 12.1. The Morgan fingerprint density at radius 1 is 1.23 bits per heavy atom. The molecular weight excluding hydrogens is 390 g/mol. The zero-order valence-corrected chi connectivity index (χ0v) is 20.0. The van der Waals surface area contributed by atoms with E-state index in [-0.39, 0.29) is 11.4 Å². The van der Waals surface area contributed by atoms with Crippen LogP contribution in [0, 0.1) is 6.92 Å². The largest absolute Gasteiger partial charge is 0.452 e. The van der Waals surface area contributed by atoms with Gasteiger partial charge in [0.25, 0.3) is 0 Å². The van der Waals surface area contributed by atoms with Crippen molar-refractivity contribution in [3.05, 3.63) is 52.8 Å². The van der Waals surface area contributed by atoms with Gasteiger partial charge in [-0.25, -0.2) is 0 Å². The van der Waals surface area contributed by atoms with E-state index in [1.165, 1.54) is 5.56 Å². The Kier molecular flexibility index (Phi) is 8.20. The first-order chi connectivity index (χ1) is 14.6. The SMILES string of the molecule is CCCC(=O)OC(C)O/C(=C(/C=NC)c1ccc(C(C)(C)C)cc1)c1cc(C)nn1C. The number of carbonyl (C=O) groups excluding carboxylic acids is 1. The van der Waals surface area contributed by atoms with Crippen LogP contribution in [0.5, 0.6) is 0 Å². The van der Waals surface area contributed by atoms with E-state index in [1.54, 1.807) is 24.9 Å². The average Bonchev–Trinajstić information content (AvgIpc) is 3.02. The van der Waals surface area contributed by atoms with Gasteiger partial charge in [0.15, 0.2) is 5.76 Å². The Morgan fingerprint density at radius 3 is 2.35 bits per heavy atom. The number of allylic oxidation sites excluding steroid dienone is 1. The van der Waals surface area contributed by atoms with Crippen LogP contribution in [0.2, 0.25) is 0 Å². The fourth-order valence-electron chi connectivity index (χ4n) is 3.27. The van der Waals surface area contributed by atoms with Crippen molar-refractivity contribution in [2.45, 2.75) is 66.1 Å². The van der Waals surface area contributed by atoms with E-state index in [1.807, 2.05) is 27.0 Å². The summed E-state index contributed by atoms with van der Waals surface area (Å²) in [5.74, 6) is 0.282. The predicted octanol–water partition coefficient (Wildman–Crippen LogP) is 5.30. The van der Waals surface area contributed by atoms with Gasteiger partial charge < -0.3 is 9.47 Å². The maximum Gasteiger partial charge on any atom is 0.308 e. The number of hydrogen-bond donors (Lipinski definition) is 0. The van der Waals surface area contributed by atoms with Gasteiger partial charge in [-0.2, -0.15) is 5.10 Å². The van der Waals surface area contributed by atoms with Crippen LogP contribution in [0.3, 0.4) is 0 Å². The first-order valence-electron chi connectivity index (χ1n) is 10.7. The lowest BCUT2D eigenvalue weighted by atomic mass is 9.86. The topological polar surface area (TPSA) is 65.7 Å². The fourth-order valence-corrected chi connectivity index (χ4v) is 3.27. The Bertz CT molecular complexity index is 947. The minimum Gasteiger partial charge on any atom is -0.452 e. The van der Waals surface area contributed by atoms with Crippen molar-refractivity contribution in [1.29, 1.82) is 0 Å². The number of aromatic nitrogens is 2. The van der Waals surface area contributed by atoms with E-state index in [0.717, 1.165) is 28.9 Å². The molecule has 0 aliphatic heterocycles. The molecule has 1 atom stereocenters. The van der Waals surface area contributed by atoms with Crippen LogP contribution >= 0.6 is 0 Å². The highest BCUT2D eigenvalue weighted by Gasteiger charge is 2.21. The summed E-state index contributed by atoms with van der Waals surface area (Å²) in [4.78, 5) is 16.2. The minimum atomic E-state index is -0.752. The number of ether oxygens (including phenoxy) is 2. The second-order valence-corrected chi connectivity index (χ2v) is 8.68. The molecule has 31 heavy (non-hydrogen) atoms. The molecule has 2 aromatic rings. The molecule has 1 aromatic heterocycles. The Balaban J connectivity index is 2.57. The first kappa shape index (κ1) is 24.4. The van der Waals surface area contributed by atoms with E-state index in [0.29, 0.717) is 12.2 Å². The third-order valence-electron chi connectivity index (χ3n) is 4.83. The van der Waals surface area contributed by atoms with Gasteiger partial charge in [0.1, 0.15) is 5.69 Å². The fraction of sp³-hybridized carbons (Fsp3) is 0.480. The van der Waals surface area contributed by atoms with Crippen molar-refractivity contribution in [3.8, 4) is 0 Å². The summed E-state index contributed by atoms with van der Waals surface area (Å²) in [5, 5.41) is 4.46. The summed E-state index contributed by atoms with van der Waals surface area (Å²) in [7, 11) is 3.59. The Labute approximate surface area is 186 Å². The standard InChI is InChI=1S/C25H35N3O3/c1-9-10-23(29)30-18(3)31-24(22-15-17(2)27-28(22)8)21(16-26-7)19-11-13-20(14-12-19)25(4,5)6/h11-16,18H,9-10H2,1-8H3/b24-21-,26-16?. The predicted molar refractivity (Wildman–Crippen MR) is 126 cm³/mol. The Hall–Kier alpha value is -2.89. The number of carbonyl (C=O) groups is 1. The molecule has 0 N–H and O–H groups in total. The highest BCUT2D eigenvalue weighted by Crippen LogP contribution is 2.30. The van der Waals surface area contributed by atoms with Crippen molar-refractivity contribution in [2.75, 3.05) is 7.05 Å². The molecular formula is C25H35N3O3. The molecule has 0 saturated heterocycles. The number of aliphatic imine (C=N–C) groups is 1. The van der Waals surface area contributed by atoms with Crippen molar-refractivity contribution < 1.29 is 14.3 Å². The second-order valence-electron chi connectivity index (χ2n) is 8.68. The number of hydrogen-bond acceptors (Lipinski definition) is 5. The van der Waals surface area contributed by atoms with Crippen LogP contribution < -0.4 is 0 Å². The van der Waals surface area contributed by atoms with E-state index >= 15 is 0 Å². The highest BCUT2D eigenvalue weighted by atomic mass is 16.7. The number of benzene rings is 1. The van der Waals surface area contributed by atoms with Crippen LogP contribution in [-0.2, 0) is 26.7 Å². The summed E-state index contributed by atoms with van der Waals surface area (Å²) in [6.07, 6.45) is 2.10. The normalized spacial score (nSPS) is 13.8. The lowest BCUT2D eigenvalue weighted by Gasteiger charge is -2.21. The molecule has 1 unspecified atom stereocenters. The molecule has 0 saturated carbocycles. The van der Waals surface area contributed by atoms with Gasteiger partial charge >= 0.3 is 5.97 Å². The molecule has 0 aliphatic rings. The number of nitrogens with zero attached hydrogens (tertiary/aromatic N) is 3. The number of esters is 1. The second kappa shape index (κ2) is 10.4. The quantitative estimate of drug-likeness (QED) is 0.249. The number of aryl methyl sites for hydroxylation is 2. The third-order valence-corrected chi connectivity index (χ3v) is 4.83. The lowest BCUT2D eigenvalue weighted by Crippen LogP contribution is -2.19. The molecule has 6 heteroatoms. The summed E-state index contributed by atoms with van der Waals surface area (Å²) in [5.41, 5.74) is 4.70. The van der Waals surface area contributed by atoms with E-state index in [9.17, 15) is 4.79 Å². The Morgan fingerprint density at radius 2 is 1.87 bits per heavy atom. The van der Waals surface area contributed by atoms with Gasteiger partial charge in [-0.3, -0.25) is 14.5 Å². The monoisotopic (exact) mass is 425 g/mol. The molecule has 0 bridgehead atoms. The number of rotatable bonds is 8. The molecule has 0 aliphatic carbocycles. The average molecular weight is 426 g/mol. The lowest BCUT2D eigenvalue weighted by molar-refractivity contribution is -0.164. The van der Waals surface area contributed by atoms with Gasteiger partial charge in [0.05, 0.1) is 5.69 Å². The first-order valence-corrected chi connectivity index (χ1v) is 10.7. The van der Waals surface area contributed by atoms with Crippen LogP contribution in [0.15, 0.2) is 35.3 Å². The van der Waals surface area contributed by atoms with Crippen molar-refractivity contribution in [1.82, 2.24) is 9.78 Å². The van der Waals surface area contributed by atoms with Crippen molar-refractivity contribution in [2.24, 2.45) is 12.0 Å². The minimum absolute atomic E-state index is 0.0573. The molecule has 168 valence electrons. The van der Waals surface area contributed by atoms with Gasteiger partial charge in [0.2, 0.25) is 6.29 Å². The molecule has 0 spiro atoms. The van der Waals surface area contributed by atoms with Crippen LogP contribution in [0.4, 0.5) is 0 Å². The van der Waals surface area contributed by atoms with Crippen LogP contribution in [0.25, 0.3) is 11.3 Å². The maximum absolute atomic E-state index is 12.0. The molecule has 1 aromatic carbocycles.